The van der Waals surface area contributed by atoms with Crippen molar-refractivity contribution in [3.05, 3.63) is 36.2 Å². The lowest BCUT2D eigenvalue weighted by atomic mass is 10.1. The number of fused-ring (bicyclic) bond motifs is 1. The summed E-state index contributed by atoms with van der Waals surface area (Å²) in [6, 6.07) is 3.92. The fourth-order valence-electron chi connectivity index (χ4n) is 1.71. The number of pyridine rings is 2. The van der Waals surface area contributed by atoms with Gasteiger partial charge in [-0.25, -0.2) is 9.97 Å². The second-order valence-electron chi connectivity index (χ2n) is 3.45. The van der Waals surface area contributed by atoms with Crippen molar-refractivity contribution >= 4 is 21.6 Å². The van der Waals surface area contributed by atoms with E-state index in [1.807, 2.05) is 18.3 Å². The summed E-state index contributed by atoms with van der Waals surface area (Å²) in [5, 5.41) is 0. The Morgan fingerprint density at radius 3 is 2.94 bits per heavy atom. The van der Waals surface area contributed by atoms with Crippen LogP contribution in [0, 0.1) is 0 Å². The van der Waals surface area contributed by atoms with E-state index in [1.165, 1.54) is 0 Å². The van der Waals surface area contributed by atoms with Crippen molar-refractivity contribution in [3.8, 4) is 17.0 Å². The van der Waals surface area contributed by atoms with Crippen LogP contribution in [0.2, 0.25) is 0 Å². The minimum absolute atomic E-state index is 0.564. The molecule has 0 bridgehead atoms. The van der Waals surface area contributed by atoms with E-state index in [2.05, 4.69) is 15.0 Å². The Balaban J connectivity index is 2.29. The molecule has 3 aromatic rings. The van der Waals surface area contributed by atoms with Gasteiger partial charge in [0, 0.05) is 29.7 Å². The fraction of sp³-hybridized carbons (Fsp3) is 0.0833. The first-order chi connectivity index (χ1) is 8.40. The third-order valence-electron chi connectivity index (χ3n) is 2.49. The van der Waals surface area contributed by atoms with Crippen LogP contribution in [0.1, 0.15) is 0 Å². The molecular weight excluding hydrogens is 234 g/mol. The largest absolute Gasteiger partial charge is 0.479 e. The molecule has 3 aromatic heterocycles. The standard InChI is InChI=1S/C12H9N3OS/c1-16-12-10-11(17-7-15-10)9(6-14-12)8-3-2-4-13-5-8/h2-7H,1H3. The quantitative estimate of drug-likeness (QED) is 0.694. The highest BCUT2D eigenvalue weighted by Crippen LogP contribution is 2.33. The maximum atomic E-state index is 5.19. The predicted octanol–water partition coefficient (Wildman–Crippen LogP) is 2.76. The molecule has 84 valence electrons. The zero-order valence-electron chi connectivity index (χ0n) is 9.12. The molecule has 0 aliphatic heterocycles. The summed E-state index contributed by atoms with van der Waals surface area (Å²) in [4.78, 5) is 12.7. The van der Waals surface area contributed by atoms with E-state index in [9.17, 15) is 0 Å². The highest BCUT2D eigenvalue weighted by atomic mass is 32.1. The van der Waals surface area contributed by atoms with Crippen LogP contribution >= 0.6 is 11.3 Å². The van der Waals surface area contributed by atoms with Gasteiger partial charge >= 0.3 is 0 Å². The maximum absolute atomic E-state index is 5.19. The third kappa shape index (κ3) is 1.64. The number of nitrogens with zero attached hydrogens (tertiary/aromatic N) is 3. The van der Waals surface area contributed by atoms with Crippen molar-refractivity contribution < 1.29 is 4.74 Å². The average Bonchev–Trinajstić information content (AvgIpc) is 2.88. The third-order valence-corrected chi connectivity index (χ3v) is 3.35. The molecule has 0 radical (unpaired) electrons. The molecule has 4 nitrogen and oxygen atoms in total. The lowest BCUT2D eigenvalue weighted by Gasteiger charge is -2.04. The van der Waals surface area contributed by atoms with Crippen LogP contribution < -0.4 is 4.74 Å². The van der Waals surface area contributed by atoms with E-state index in [-0.39, 0.29) is 0 Å². The molecule has 17 heavy (non-hydrogen) atoms. The van der Waals surface area contributed by atoms with Gasteiger partial charge in [-0.2, -0.15) is 0 Å². The highest BCUT2D eigenvalue weighted by molar-refractivity contribution is 7.17. The van der Waals surface area contributed by atoms with E-state index in [4.69, 9.17) is 4.74 Å². The topological polar surface area (TPSA) is 47.9 Å². The molecule has 0 aromatic carbocycles. The van der Waals surface area contributed by atoms with Gasteiger partial charge in [0.1, 0.15) is 5.52 Å². The summed E-state index contributed by atoms with van der Waals surface area (Å²) >= 11 is 1.58. The first kappa shape index (κ1) is 10.2. The van der Waals surface area contributed by atoms with Crippen molar-refractivity contribution in [2.45, 2.75) is 0 Å². The van der Waals surface area contributed by atoms with Gasteiger partial charge in [-0.1, -0.05) is 6.07 Å². The second kappa shape index (κ2) is 4.10. The minimum atomic E-state index is 0.564. The maximum Gasteiger partial charge on any atom is 0.241 e. The van der Waals surface area contributed by atoms with Gasteiger partial charge in [-0.3, -0.25) is 4.98 Å². The van der Waals surface area contributed by atoms with Crippen LogP contribution in [0.25, 0.3) is 21.3 Å². The van der Waals surface area contributed by atoms with E-state index in [0.717, 1.165) is 21.3 Å². The smallest absolute Gasteiger partial charge is 0.241 e. The molecule has 0 aliphatic carbocycles. The van der Waals surface area contributed by atoms with E-state index in [0.29, 0.717) is 5.88 Å². The van der Waals surface area contributed by atoms with Gasteiger partial charge < -0.3 is 4.74 Å². The lowest BCUT2D eigenvalue weighted by molar-refractivity contribution is 0.402. The molecule has 3 heterocycles. The van der Waals surface area contributed by atoms with Gasteiger partial charge in [-0.15, -0.1) is 11.3 Å². The molecule has 0 aliphatic rings. The molecule has 0 N–H and O–H groups in total. The molecule has 0 unspecified atom stereocenters. The molecular formula is C12H9N3OS. The van der Waals surface area contributed by atoms with E-state index >= 15 is 0 Å². The van der Waals surface area contributed by atoms with Crippen LogP contribution in [0.3, 0.4) is 0 Å². The van der Waals surface area contributed by atoms with Crippen molar-refractivity contribution in [2.24, 2.45) is 0 Å². The molecule has 0 fully saturated rings. The van der Waals surface area contributed by atoms with Crippen LogP contribution in [0.15, 0.2) is 36.2 Å². The van der Waals surface area contributed by atoms with E-state index in [1.54, 1.807) is 36.4 Å². The minimum Gasteiger partial charge on any atom is -0.479 e. The second-order valence-corrected chi connectivity index (χ2v) is 4.31. The number of rotatable bonds is 2. The fourth-order valence-corrected chi connectivity index (χ4v) is 2.52. The normalized spacial score (nSPS) is 10.6. The molecule has 5 heteroatoms. The van der Waals surface area contributed by atoms with Gasteiger partial charge in [0.25, 0.3) is 0 Å². The van der Waals surface area contributed by atoms with Crippen molar-refractivity contribution in [2.75, 3.05) is 7.11 Å². The number of hydrogen-bond acceptors (Lipinski definition) is 5. The SMILES string of the molecule is COc1ncc(-c2cccnc2)c2scnc12. The molecule has 0 amide bonds. The monoisotopic (exact) mass is 243 g/mol. The van der Waals surface area contributed by atoms with Crippen LogP contribution in [0.5, 0.6) is 5.88 Å². The summed E-state index contributed by atoms with van der Waals surface area (Å²) in [5.41, 5.74) is 4.68. The van der Waals surface area contributed by atoms with Crippen molar-refractivity contribution in [3.63, 3.8) is 0 Å². The lowest BCUT2D eigenvalue weighted by Crippen LogP contribution is -1.90. The van der Waals surface area contributed by atoms with Gasteiger partial charge in [0.2, 0.25) is 5.88 Å². The summed E-state index contributed by atoms with van der Waals surface area (Å²) in [7, 11) is 1.60. The Kier molecular flexibility index (Phi) is 2.45. The molecule has 3 rings (SSSR count). The number of hydrogen-bond donors (Lipinski definition) is 0. The Hall–Kier alpha value is -2.01. The summed E-state index contributed by atoms with van der Waals surface area (Å²) < 4.78 is 6.27. The Morgan fingerprint density at radius 2 is 2.18 bits per heavy atom. The molecule has 0 saturated carbocycles. The van der Waals surface area contributed by atoms with Crippen LogP contribution in [0.4, 0.5) is 0 Å². The van der Waals surface area contributed by atoms with Gasteiger partial charge in [-0.05, 0) is 6.07 Å². The Bertz CT molecular complexity index is 651. The van der Waals surface area contributed by atoms with Crippen molar-refractivity contribution in [1.29, 1.82) is 0 Å². The Morgan fingerprint density at radius 1 is 1.24 bits per heavy atom. The number of ether oxygens (including phenoxy) is 1. The first-order valence-electron chi connectivity index (χ1n) is 5.06. The summed E-state index contributed by atoms with van der Waals surface area (Å²) in [6.45, 7) is 0. The predicted molar refractivity (Wildman–Crippen MR) is 67.2 cm³/mol. The number of methoxy groups -OCH3 is 1. The summed E-state index contributed by atoms with van der Waals surface area (Å²) in [6.07, 6.45) is 5.38. The number of thiazole rings is 1. The van der Waals surface area contributed by atoms with Crippen molar-refractivity contribution in [1.82, 2.24) is 15.0 Å². The zero-order chi connectivity index (χ0) is 11.7. The molecule has 0 saturated heterocycles. The average molecular weight is 243 g/mol. The van der Waals surface area contributed by atoms with Gasteiger partial charge in [0.15, 0.2) is 0 Å². The zero-order valence-corrected chi connectivity index (χ0v) is 9.94. The molecule has 0 spiro atoms. The van der Waals surface area contributed by atoms with E-state index < -0.39 is 0 Å². The molecule has 0 atom stereocenters. The first-order valence-corrected chi connectivity index (χ1v) is 5.94. The van der Waals surface area contributed by atoms with Crippen LogP contribution in [-0.2, 0) is 0 Å². The van der Waals surface area contributed by atoms with Crippen LogP contribution in [-0.4, -0.2) is 22.1 Å². The summed E-state index contributed by atoms with van der Waals surface area (Å²) in [5.74, 6) is 0.564. The van der Waals surface area contributed by atoms with Gasteiger partial charge in [0.05, 0.1) is 17.3 Å². The number of aromatic nitrogens is 3. The Labute approximate surface area is 102 Å². The highest BCUT2D eigenvalue weighted by Gasteiger charge is 2.11.